The van der Waals surface area contributed by atoms with Crippen LogP contribution < -0.4 is 5.32 Å². The summed E-state index contributed by atoms with van der Waals surface area (Å²) in [6.07, 6.45) is 38.8. The Balaban J connectivity index is 1.15. The van der Waals surface area contributed by atoms with Crippen LogP contribution in [0, 0.1) is 45.8 Å². The van der Waals surface area contributed by atoms with Gasteiger partial charge in [-0.15, -0.1) is 0 Å². The predicted molar refractivity (Wildman–Crippen MR) is 243 cm³/mol. The minimum atomic E-state index is -0.262. The largest absolute Gasteiger partial charge is 0.393 e. The first-order valence-electron chi connectivity index (χ1n) is 25.8. The molecule has 0 bridgehead atoms. The van der Waals surface area contributed by atoms with Crippen LogP contribution in [-0.4, -0.2) is 59.4 Å². The fraction of sp³-hybridized carbons (Fsp3) is 0.981. The highest BCUT2D eigenvalue weighted by molar-refractivity contribution is 5.75. The van der Waals surface area contributed by atoms with Gasteiger partial charge < -0.3 is 20.4 Å². The predicted octanol–water partition coefficient (Wildman–Crippen LogP) is 13.4. The van der Waals surface area contributed by atoms with Crippen molar-refractivity contribution in [3.63, 3.8) is 0 Å². The average Bonchev–Trinajstić information content (AvgIpc) is 3.56. The van der Waals surface area contributed by atoms with Crippen molar-refractivity contribution >= 4 is 5.91 Å². The molecular formula is C52H98N2O3. The number of amides is 1. The quantitative estimate of drug-likeness (QED) is 0.0633. The normalized spacial score (nSPS) is 32.9. The van der Waals surface area contributed by atoms with Crippen LogP contribution in [0.4, 0.5) is 0 Å². The Morgan fingerprint density at radius 2 is 1.19 bits per heavy atom. The lowest BCUT2D eigenvalue weighted by Crippen LogP contribution is -2.61. The third kappa shape index (κ3) is 13.9. The highest BCUT2D eigenvalue weighted by Crippen LogP contribution is 2.71. The molecule has 4 aliphatic rings. The second kappa shape index (κ2) is 25.3. The van der Waals surface area contributed by atoms with E-state index in [2.05, 4.69) is 51.8 Å². The van der Waals surface area contributed by atoms with Gasteiger partial charge in [-0.3, -0.25) is 4.79 Å². The third-order valence-corrected chi connectivity index (χ3v) is 17.7. The van der Waals surface area contributed by atoms with Crippen LogP contribution in [0.25, 0.3) is 0 Å². The Hall–Kier alpha value is -0.650. The number of nitrogens with one attached hydrogen (secondary N) is 1. The van der Waals surface area contributed by atoms with Crippen LogP contribution in [0.5, 0.6) is 0 Å². The molecule has 0 aromatic rings. The zero-order valence-electron chi connectivity index (χ0n) is 39.0. The fourth-order valence-electron chi connectivity index (χ4n) is 13.7. The summed E-state index contributed by atoms with van der Waals surface area (Å²) in [5.41, 5.74) is 0.368. The highest BCUT2D eigenvalue weighted by atomic mass is 16.3. The SMILES string of the molecule is CCCCCCCCCCCCN(CCCCCCCCCCCC)CCCNC(=O)CC[C@@H](C)[C@H]1CCC2[C@@H]3CC[C@]4(C)C[C@H](O)CC[C@]4(C)C3C[C@H](O)[C@@]21C. The molecule has 5 nitrogen and oxygen atoms in total. The molecule has 5 heteroatoms. The number of aliphatic hydroxyl groups excluding tert-OH is 2. The molecule has 4 saturated carbocycles. The van der Waals surface area contributed by atoms with Crippen LogP contribution in [0.15, 0.2) is 0 Å². The number of hydrogen-bond acceptors (Lipinski definition) is 4. The standard InChI is InChI=1S/C52H98N2O3/c1-7-9-11-13-15-17-19-21-23-25-37-54(38-26-24-22-20-18-16-14-12-10-8-2)39-27-36-53-49(57)31-28-42(3)45-29-30-46-44-33-34-50(4)41-43(55)32-35-51(50,5)47(44)40-48(56)52(45,46)6/h42-48,55-56H,7-41H2,1-6H3,(H,53,57)/t42-,43-,44+,45-,46?,47?,48+,50-,51-,52-/m1/s1. The number of rotatable bonds is 30. The number of carbonyl (C=O) groups excluding carboxylic acids is 1. The van der Waals surface area contributed by atoms with Gasteiger partial charge >= 0.3 is 0 Å². The molecule has 1 amide bonds. The smallest absolute Gasteiger partial charge is 0.220 e. The molecule has 4 aliphatic carbocycles. The molecule has 3 N–H and O–H groups in total. The topological polar surface area (TPSA) is 72.8 Å². The maximum atomic E-state index is 13.2. The van der Waals surface area contributed by atoms with E-state index in [-0.39, 0.29) is 34.4 Å². The Bertz CT molecular complexity index is 1080. The van der Waals surface area contributed by atoms with Crippen LogP contribution in [0.1, 0.15) is 241 Å². The van der Waals surface area contributed by atoms with Crippen molar-refractivity contribution in [2.75, 3.05) is 26.2 Å². The lowest BCUT2D eigenvalue weighted by Gasteiger charge is -2.66. The number of hydrogen-bond donors (Lipinski definition) is 3. The van der Waals surface area contributed by atoms with E-state index in [1.165, 1.54) is 167 Å². The van der Waals surface area contributed by atoms with Crippen LogP contribution in [0.2, 0.25) is 0 Å². The number of nitrogens with zero attached hydrogens (tertiary/aromatic N) is 1. The molecule has 0 spiro atoms. The fourth-order valence-corrected chi connectivity index (χ4v) is 13.7. The van der Waals surface area contributed by atoms with Crippen molar-refractivity contribution in [2.45, 2.75) is 253 Å². The molecule has 0 aromatic carbocycles. The minimum absolute atomic E-state index is 0.0404. The Morgan fingerprint density at radius 1 is 0.667 bits per heavy atom. The van der Waals surface area contributed by atoms with Crippen molar-refractivity contribution in [1.82, 2.24) is 10.2 Å². The Labute approximate surface area is 354 Å². The summed E-state index contributed by atoms with van der Waals surface area (Å²) in [7, 11) is 0. The van der Waals surface area contributed by atoms with Gasteiger partial charge in [0.2, 0.25) is 5.91 Å². The minimum Gasteiger partial charge on any atom is -0.393 e. The maximum Gasteiger partial charge on any atom is 0.220 e. The summed E-state index contributed by atoms with van der Waals surface area (Å²) in [5, 5.41) is 26.0. The van der Waals surface area contributed by atoms with E-state index in [1.54, 1.807) is 0 Å². The number of fused-ring (bicyclic) bond motifs is 5. The zero-order valence-corrected chi connectivity index (χ0v) is 39.0. The first-order valence-corrected chi connectivity index (χ1v) is 25.8. The average molecular weight is 799 g/mol. The molecular weight excluding hydrogens is 701 g/mol. The number of carbonyl (C=O) groups is 1. The summed E-state index contributed by atoms with van der Waals surface area (Å²) in [5.74, 6) is 3.01. The van der Waals surface area contributed by atoms with Crippen LogP contribution in [-0.2, 0) is 4.79 Å². The van der Waals surface area contributed by atoms with Gasteiger partial charge in [0.25, 0.3) is 0 Å². The van der Waals surface area contributed by atoms with Gasteiger partial charge in [0.1, 0.15) is 0 Å². The van der Waals surface area contributed by atoms with Gasteiger partial charge in [-0.25, -0.2) is 0 Å². The summed E-state index contributed by atoms with van der Waals surface area (Å²) >= 11 is 0. The summed E-state index contributed by atoms with van der Waals surface area (Å²) in [6.45, 7) is 18.7. The van der Waals surface area contributed by atoms with E-state index in [0.717, 1.165) is 51.6 Å². The van der Waals surface area contributed by atoms with Gasteiger partial charge in [-0.1, -0.05) is 157 Å². The highest BCUT2D eigenvalue weighted by Gasteiger charge is 2.66. The van der Waals surface area contributed by atoms with Gasteiger partial charge in [0.15, 0.2) is 0 Å². The zero-order chi connectivity index (χ0) is 41.2. The van der Waals surface area contributed by atoms with Crippen LogP contribution in [0.3, 0.4) is 0 Å². The lowest BCUT2D eigenvalue weighted by atomic mass is 9.39. The van der Waals surface area contributed by atoms with Gasteiger partial charge in [-0.2, -0.15) is 0 Å². The molecule has 4 fully saturated rings. The van der Waals surface area contributed by atoms with Gasteiger partial charge in [-0.05, 0) is 143 Å². The molecule has 10 atom stereocenters. The lowest BCUT2D eigenvalue weighted by molar-refractivity contribution is -0.201. The maximum absolute atomic E-state index is 13.2. The number of aliphatic hydroxyl groups is 2. The van der Waals surface area contributed by atoms with Crippen molar-refractivity contribution in [2.24, 2.45) is 45.8 Å². The van der Waals surface area contributed by atoms with E-state index in [1.807, 2.05) is 0 Å². The molecule has 334 valence electrons. The molecule has 57 heavy (non-hydrogen) atoms. The monoisotopic (exact) mass is 799 g/mol. The van der Waals surface area contributed by atoms with E-state index in [9.17, 15) is 15.0 Å². The van der Waals surface area contributed by atoms with Crippen molar-refractivity contribution < 1.29 is 15.0 Å². The van der Waals surface area contributed by atoms with Crippen molar-refractivity contribution in [1.29, 1.82) is 0 Å². The van der Waals surface area contributed by atoms with E-state index >= 15 is 0 Å². The Kier molecular flexibility index (Phi) is 21.8. The molecule has 0 aromatic heterocycles. The molecule has 4 rings (SSSR count). The van der Waals surface area contributed by atoms with Crippen molar-refractivity contribution in [3.8, 4) is 0 Å². The van der Waals surface area contributed by atoms with E-state index in [0.29, 0.717) is 36.0 Å². The summed E-state index contributed by atoms with van der Waals surface area (Å²) in [6, 6.07) is 0. The second-order valence-corrected chi connectivity index (χ2v) is 21.5. The molecule has 0 heterocycles. The number of unbranched alkanes of at least 4 members (excludes halogenated alkanes) is 18. The molecule has 0 aliphatic heterocycles. The van der Waals surface area contributed by atoms with Gasteiger partial charge in [0.05, 0.1) is 12.2 Å². The molecule has 2 unspecified atom stereocenters. The third-order valence-electron chi connectivity index (χ3n) is 17.7. The second-order valence-electron chi connectivity index (χ2n) is 21.5. The van der Waals surface area contributed by atoms with E-state index < -0.39 is 0 Å². The summed E-state index contributed by atoms with van der Waals surface area (Å²) in [4.78, 5) is 15.9. The van der Waals surface area contributed by atoms with Crippen LogP contribution >= 0.6 is 0 Å². The Morgan fingerprint density at radius 3 is 1.75 bits per heavy atom. The first-order chi connectivity index (χ1) is 27.5. The van der Waals surface area contributed by atoms with Gasteiger partial charge in [0, 0.05) is 13.0 Å². The molecule has 0 radical (unpaired) electrons. The van der Waals surface area contributed by atoms with Crippen molar-refractivity contribution in [3.05, 3.63) is 0 Å². The van der Waals surface area contributed by atoms with E-state index in [4.69, 9.17) is 0 Å². The first kappa shape index (κ1) is 49.0. The summed E-state index contributed by atoms with van der Waals surface area (Å²) < 4.78 is 0. The molecule has 0 saturated heterocycles.